The zero-order valence-corrected chi connectivity index (χ0v) is 20.4. The van der Waals surface area contributed by atoms with Gasteiger partial charge in [0.15, 0.2) is 0 Å². The molecule has 32 heavy (non-hydrogen) atoms. The number of aromatic nitrogens is 2. The molecule has 0 spiro atoms. The number of hydrogen-bond acceptors (Lipinski definition) is 4. The fraction of sp³-hybridized carbons (Fsp3) is 0.808. The second-order valence-electron chi connectivity index (χ2n) is 11.5. The van der Waals surface area contributed by atoms with E-state index >= 15 is 0 Å². The molecule has 1 amide bonds. The Morgan fingerprint density at radius 3 is 2.41 bits per heavy atom. The van der Waals surface area contributed by atoms with Crippen molar-refractivity contribution in [2.75, 3.05) is 32.7 Å². The van der Waals surface area contributed by atoms with Crippen LogP contribution in [0, 0.1) is 11.3 Å². The molecule has 3 aliphatic rings. The molecule has 3 heterocycles. The van der Waals surface area contributed by atoms with E-state index in [1.165, 1.54) is 38.6 Å². The number of amides is 1. The highest BCUT2D eigenvalue weighted by Gasteiger charge is 2.32. The Morgan fingerprint density at radius 2 is 1.72 bits per heavy atom. The SMILES string of the molecule is CC(C)(C)C(=O)N1CCCC(c2cc(=O)[nH]c(C3CCN(CC4CCCCC4)CC3)n2)C1. The number of rotatable bonds is 4. The van der Waals surface area contributed by atoms with Crippen LogP contribution >= 0.6 is 0 Å². The van der Waals surface area contributed by atoms with Gasteiger partial charge in [-0.1, -0.05) is 40.0 Å². The second-order valence-corrected chi connectivity index (χ2v) is 11.5. The third-order valence-electron chi connectivity index (χ3n) is 7.76. The minimum absolute atomic E-state index is 0.0473. The van der Waals surface area contributed by atoms with E-state index in [1.54, 1.807) is 6.07 Å². The van der Waals surface area contributed by atoms with E-state index in [2.05, 4.69) is 9.88 Å². The molecule has 2 aliphatic heterocycles. The molecule has 4 rings (SSSR count). The molecule has 0 bridgehead atoms. The molecule has 0 aromatic carbocycles. The molecule has 6 heteroatoms. The van der Waals surface area contributed by atoms with E-state index in [0.29, 0.717) is 12.5 Å². The van der Waals surface area contributed by atoms with Crippen LogP contribution < -0.4 is 5.56 Å². The minimum atomic E-state index is -0.375. The molecule has 2 saturated heterocycles. The van der Waals surface area contributed by atoms with Crippen molar-refractivity contribution in [3.05, 3.63) is 27.9 Å². The standard InChI is InChI=1S/C26H42N4O2/c1-26(2,3)25(32)30-13-7-10-21(18-30)22-16-23(31)28-24(27-22)20-11-14-29(15-12-20)17-19-8-5-4-6-9-19/h16,19-21H,4-15,17-18H2,1-3H3,(H,27,28,31). The summed E-state index contributed by atoms with van der Waals surface area (Å²) in [6.45, 7) is 10.9. The van der Waals surface area contributed by atoms with Crippen molar-refractivity contribution in [1.29, 1.82) is 0 Å². The molecule has 1 atom stereocenters. The van der Waals surface area contributed by atoms with Crippen LogP contribution in [0.3, 0.4) is 0 Å². The van der Waals surface area contributed by atoms with E-state index < -0.39 is 0 Å². The third-order valence-corrected chi connectivity index (χ3v) is 7.76. The van der Waals surface area contributed by atoms with Gasteiger partial charge < -0.3 is 14.8 Å². The molecule has 178 valence electrons. The van der Waals surface area contributed by atoms with Gasteiger partial charge in [-0.25, -0.2) is 4.98 Å². The Hall–Kier alpha value is -1.69. The predicted octanol–water partition coefficient (Wildman–Crippen LogP) is 4.28. The van der Waals surface area contributed by atoms with Crippen molar-refractivity contribution in [3.8, 4) is 0 Å². The van der Waals surface area contributed by atoms with Crippen LogP contribution in [0.2, 0.25) is 0 Å². The molecule has 6 nitrogen and oxygen atoms in total. The summed E-state index contributed by atoms with van der Waals surface area (Å²) in [6.07, 6.45) is 11.1. The van der Waals surface area contributed by atoms with Crippen molar-refractivity contribution in [3.63, 3.8) is 0 Å². The first-order chi connectivity index (χ1) is 15.3. The first-order valence-electron chi connectivity index (χ1n) is 12.9. The van der Waals surface area contributed by atoms with Gasteiger partial charge in [-0.3, -0.25) is 9.59 Å². The number of carbonyl (C=O) groups excluding carboxylic acids is 1. The van der Waals surface area contributed by atoms with Crippen LogP contribution in [-0.2, 0) is 4.79 Å². The second kappa shape index (κ2) is 10.1. The fourth-order valence-corrected chi connectivity index (χ4v) is 5.90. The van der Waals surface area contributed by atoms with Crippen LogP contribution in [0.1, 0.15) is 102 Å². The number of likely N-dealkylation sites (tertiary alicyclic amines) is 2. The van der Waals surface area contributed by atoms with Crippen LogP contribution in [0.15, 0.2) is 10.9 Å². The monoisotopic (exact) mass is 442 g/mol. The van der Waals surface area contributed by atoms with E-state index in [4.69, 9.17) is 4.98 Å². The summed E-state index contributed by atoms with van der Waals surface area (Å²) >= 11 is 0. The van der Waals surface area contributed by atoms with Gasteiger partial charge in [0, 0.05) is 43.0 Å². The summed E-state index contributed by atoms with van der Waals surface area (Å²) in [5.74, 6) is 2.43. The summed E-state index contributed by atoms with van der Waals surface area (Å²) in [5, 5.41) is 0. The van der Waals surface area contributed by atoms with Crippen molar-refractivity contribution in [2.45, 2.75) is 90.4 Å². The Bertz CT molecular complexity index is 829. The highest BCUT2D eigenvalue weighted by molar-refractivity contribution is 5.81. The summed E-state index contributed by atoms with van der Waals surface area (Å²) in [5.41, 5.74) is 0.453. The maximum Gasteiger partial charge on any atom is 0.251 e. The number of nitrogens with zero attached hydrogens (tertiary/aromatic N) is 3. The van der Waals surface area contributed by atoms with Gasteiger partial charge in [-0.2, -0.15) is 0 Å². The average Bonchev–Trinajstić information content (AvgIpc) is 2.79. The zero-order valence-electron chi connectivity index (χ0n) is 20.4. The smallest absolute Gasteiger partial charge is 0.251 e. The normalized spacial score (nSPS) is 24.6. The summed E-state index contributed by atoms with van der Waals surface area (Å²) in [4.78, 5) is 37.9. The number of piperidine rings is 2. The number of nitrogens with one attached hydrogen (secondary N) is 1. The number of carbonyl (C=O) groups is 1. The van der Waals surface area contributed by atoms with Crippen molar-refractivity contribution >= 4 is 5.91 Å². The average molecular weight is 443 g/mol. The van der Waals surface area contributed by atoms with Gasteiger partial charge in [0.05, 0.1) is 5.69 Å². The van der Waals surface area contributed by atoms with E-state index in [-0.39, 0.29) is 22.8 Å². The van der Waals surface area contributed by atoms with Crippen molar-refractivity contribution < 1.29 is 4.79 Å². The maximum atomic E-state index is 12.8. The van der Waals surface area contributed by atoms with E-state index in [1.807, 2.05) is 25.7 Å². The molecule has 0 radical (unpaired) electrons. The number of hydrogen-bond donors (Lipinski definition) is 1. The Morgan fingerprint density at radius 1 is 1.00 bits per heavy atom. The van der Waals surface area contributed by atoms with Crippen LogP contribution in [0.4, 0.5) is 0 Å². The maximum absolute atomic E-state index is 12.8. The lowest BCUT2D eigenvalue weighted by Crippen LogP contribution is -2.45. The van der Waals surface area contributed by atoms with Crippen LogP contribution in [0.5, 0.6) is 0 Å². The molecule has 3 fully saturated rings. The van der Waals surface area contributed by atoms with Gasteiger partial charge in [0.25, 0.3) is 5.56 Å². The topological polar surface area (TPSA) is 69.3 Å². The molecule has 1 N–H and O–H groups in total. The summed E-state index contributed by atoms with van der Waals surface area (Å²) < 4.78 is 0. The highest BCUT2D eigenvalue weighted by Crippen LogP contribution is 2.31. The predicted molar refractivity (Wildman–Crippen MR) is 128 cm³/mol. The summed E-state index contributed by atoms with van der Waals surface area (Å²) in [6, 6.07) is 1.66. The van der Waals surface area contributed by atoms with Gasteiger partial charge in [-0.05, 0) is 57.5 Å². The van der Waals surface area contributed by atoms with Crippen molar-refractivity contribution in [2.24, 2.45) is 11.3 Å². The van der Waals surface area contributed by atoms with Crippen LogP contribution in [0.25, 0.3) is 0 Å². The van der Waals surface area contributed by atoms with E-state index in [0.717, 1.165) is 62.8 Å². The molecular weight excluding hydrogens is 400 g/mol. The minimum Gasteiger partial charge on any atom is -0.342 e. The molecule has 1 saturated carbocycles. The highest BCUT2D eigenvalue weighted by atomic mass is 16.2. The van der Waals surface area contributed by atoms with Gasteiger partial charge in [0.1, 0.15) is 5.82 Å². The fourth-order valence-electron chi connectivity index (χ4n) is 5.90. The molecule has 1 aromatic rings. The first kappa shape index (κ1) is 23.5. The number of aromatic amines is 1. The zero-order chi connectivity index (χ0) is 22.7. The quantitative estimate of drug-likeness (QED) is 0.756. The molecule has 1 aromatic heterocycles. The molecular formula is C26H42N4O2. The Kier molecular flexibility index (Phi) is 7.38. The van der Waals surface area contributed by atoms with Crippen LogP contribution in [-0.4, -0.2) is 58.4 Å². The summed E-state index contributed by atoms with van der Waals surface area (Å²) in [7, 11) is 0. The lowest BCUT2D eigenvalue weighted by atomic mass is 9.87. The van der Waals surface area contributed by atoms with Gasteiger partial charge in [0.2, 0.25) is 5.91 Å². The number of H-pyrrole nitrogens is 1. The Labute approximate surface area is 193 Å². The lowest BCUT2D eigenvalue weighted by molar-refractivity contribution is -0.140. The van der Waals surface area contributed by atoms with Gasteiger partial charge >= 0.3 is 0 Å². The molecule has 1 aliphatic carbocycles. The Balaban J connectivity index is 1.39. The van der Waals surface area contributed by atoms with Crippen molar-refractivity contribution in [1.82, 2.24) is 19.8 Å². The molecule has 1 unspecified atom stereocenters. The lowest BCUT2D eigenvalue weighted by Gasteiger charge is -2.37. The third kappa shape index (κ3) is 5.81. The first-order valence-corrected chi connectivity index (χ1v) is 12.9. The van der Waals surface area contributed by atoms with Gasteiger partial charge in [-0.15, -0.1) is 0 Å². The largest absolute Gasteiger partial charge is 0.342 e. The van der Waals surface area contributed by atoms with E-state index in [9.17, 15) is 9.59 Å².